The van der Waals surface area contributed by atoms with Gasteiger partial charge < -0.3 is 4.40 Å². The van der Waals surface area contributed by atoms with Crippen LogP contribution >= 0.6 is 15.9 Å². The lowest BCUT2D eigenvalue weighted by Crippen LogP contribution is -2.21. The number of aromatic nitrogens is 3. The van der Waals surface area contributed by atoms with Crippen molar-refractivity contribution in [1.29, 1.82) is 0 Å². The van der Waals surface area contributed by atoms with Crippen molar-refractivity contribution >= 4 is 27.7 Å². The molecule has 4 rings (SSSR count). The summed E-state index contributed by atoms with van der Waals surface area (Å²) in [5, 5.41) is 0. The molecule has 0 N–H and O–H groups in total. The lowest BCUT2D eigenvalue weighted by molar-refractivity contribution is 0.112. The molecule has 0 spiro atoms. The molecule has 23 heavy (non-hydrogen) atoms. The van der Waals surface area contributed by atoms with E-state index in [1.54, 1.807) is 12.4 Å². The van der Waals surface area contributed by atoms with Crippen molar-refractivity contribution in [1.82, 2.24) is 14.0 Å². The fraction of sp³-hybridized carbons (Fsp3) is 0.235. The lowest BCUT2D eigenvalue weighted by atomic mass is 9.98. The molecule has 0 amide bonds. The number of fused-ring (bicyclic) bond motifs is 3. The number of pyridine rings is 1. The largest absolute Gasteiger partial charge is 0.314 e. The van der Waals surface area contributed by atoms with E-state index in [-0.39, 0.29) is 5.56 Å². The lowest BCUT2D eigenvalue weighted by Gasteiger charge is -2.13. The van der Waals surface area contributed by atoms with Crippen LogP contribution in [0.15, 0.2) is 40.1 Å². The van der Waals surface area contributed by atoms with E-state index in [0.29, 0.717) is 21.2 Å². The third-order valence-electron chi connectivity index (χ3n) is 4.44. The Morgan fingerprint density at radius 2 is 2.00 bits per heavy atom. The third kappa shape index (κ3) is 2.16. The summed E-state index contributed by atoms with van der Waals surface area (Å²) >= 11 is 3.31. The molecule has 0 bridgehead atoms. The summed E-state index contributed by atoms with van der Waals surface area (Å²) < 4.78 is 4.05. The van der Waals surface area contributed by atoms with Crippen molar-refractivity contribution < 1.29 is 4.79 Å². The fourth-order valence-electron chi connectivity index (χ4n) is 3.32. The van der Waals surface area contributed by atoms with Crippen molar-refractivity contribution in [3.8, 4) is 5.69 Å². The number of hydrogen-bond donors (Lipinski definition) is 0. The van der Waals surface area contributed by atoms with Crippen LogP contribution in [0.2, 0.25) is 0 Å². The minimum Gasteiger partial charge on any atom is -0.314 e. The Morgan fingerprint density at radius 3 is 2.83 bits per heavy atom. The highest BCUT2D eigenvalue weighted by atomic mass is 79.9. The van der Waals surface area contributed by atoms with Gasteiger partial charge in [-0.05, 0) is 53.2 Å². The number of carbonyl (C=O) groups excluding carboxylic acids is 1. The first kappa shape index (κ1) is 14.4. The zero-order valence-electron chi connectivity index (χ0n) is 12.3. The highest BCUT2D eigenvalue weighted by Crippen LogP contribution is 2.25. The Bertz CT molecular complexity index is 987. The summed E-state index contributed by atoms with van der Waals surface area (Å²) in [5.74, 6) is 0. The maximum absolute atomic E-state index is 12.9. The van der Waals surface area contributed by atoms with E-state index in [1.165, 1.54) is 28.4 Å². The molecule has 3 heterocycles. The Hall–Kier alpha value is -2.21. The van der Waals surface area contributed by atoms with Crippen LogP contribution in [0.25, 0.3) is 11.2 Å². The maximum Gasteiger partial charge on any atom is 0.279 e. The molecule has 0 aromatic carbocycles. The van der Waals surface area contributed by atoms with Crippen molar-refractivity contribution in [2.24, 2.45) is 0 Å². The Kier molecular flexibility index (Phi) is 3.41. The van der Waals surface area contributed by atoms with Gasteiger partial charge in [-0.3, -0.25) is 19.1 Å². The van der Waals surface area contributed by atoms with Crippen molar-refractivity contribution in [2.45, 2.75) is 25.7 Å². The van der Waals surface area contributed by atoms with Crippen LogP contribution in [0.5, 0.6) is 0 Å². The van der Waals surface area contributed by atoms with Gasteiger partial charge in [-0.1, -0.05) is 0 Å². The first-order chi connectivity index (χ1) is 11.2. The normalized spacial score (nSPS) is 14.0. The summed E-state index contributed by atoms with van der Waals surface area (Å²) in [7, 11) is 0. The molecule has 5 nitrogen and oxygen atoms in total. The van der Waals surface area contributed by atoms with Crippen molar-refractivity contribution in [3.63, 3.8) is 0 Å². The standard InChI is InChI=1S/C17H14BrN3O2/c18-13-8-19-9-16(12(13)10-22)21-6-5-20-14-4-2-1-3-11(14)7-15(20)17(21)23/h5-10H,1-4H2. The molecule has 0 radical (unpaired) electrons. The Balaban J connectivity index is 2.00. The number of aldehydes is 1. The topological polar surface area (TPSA) is 56.4 Å². The Labute approximate surface area is 140 Å². The number of carbonyl (C=O) groups is 1. The van der Waals surface area contributed by atoms with Gasteiger partial charge in [0.15, 0.2) is 6.29 Å². The number of halogens is 1. The van der Waals surface area contributed by atoms with Crippen LogP contribution in [0.4, 0.5) is 0 Å². The van der Waals surface area contributed by atoms with E-state index in [4.69, 9.17) is 0 Å². The van der Waals surface area contributed by atoms with Gasteiger partial charge in [-0.2, -0.15) is 0 Å². The van der Waals surface area contributed by atoms with Crippen LogP contribution in [0.3, 0.4) is 0 Å². The van der Waals surface area contributed by atoms with E-state index < -0.39 is 0 Å². The van der Waals surface area contributed by atoms with Crippen molar-refractivity contribution in [2.75, 3.05) is 0 Å². The molecule has 116 valence electrons. The predicted molar refractivity (Wildman–Crippen MR) is 90.5 cm³/mol. The highest BCUT2D eigenvalue weighted by Gasteiger charge is 2.18. The number of aryl methyl sites for hydroxylation is 2. The molecular formula is C17H14BrN3O2. The summed E-state index contributed by atoms with van der Waals surface area (Å²) in [6.45, 7) is 0. The molecule has 6 heteroatoms. The smallest absolute Gasteiger partial charge is 0.279 e. The maximum atomic E-state index is 12.9. The molecule has 0 saturated carbocycles. The fourth-order valence-corrected chi connectivity index (χ4v) is 3.73. The summed E-state index contributed by atoms with van der Waals surface area (Å²) in [4.78, 5) is 28.4. The molecule has 0 saturated heterocycles. The minimum atomic E-state index is -0.134. The first-order valence-corrected chi connectivity index (χ1v) is 8.33. The van der Waals surface area contributed by atoms with Gasteiger partial charge in [-0.15, -0.1) is 0 Å². The summed E-state index contributed by atoms with van der Waals surface area (Å²) in [6, 6.07) is 1.99. The van der Waals surface area contributed by atoms with E-state index in [2.05, 4.69) is 20.9 Å². The third-order valence-corrected chi connectivity index (χ3v) is 5.07. The minimum absolute atomic E-state index is 0.134. The molecule has 1 aliphatic carbocycles. The van der Waals surface area contributed by atoms with Gasteiger partial charge in [0, 0.05) is 28.8 Å². The van der Waals surface area contributed by atoms with E-state index in [9.17, 15) is 9.59 Å². The zero-order chi connectivity index (χ0) is 16.0. The molecular weight excluding hydrogens is 358 g/mol. The van der Waals surface area contributed by atoms with Crippen LogP contribution < -0.4 is 5.56 Å². The summed E-state index contributed by atoms with van der Waals surface area (Å²) in [5.41, 5.74) is 3.91. The van der Waals surface area contributed by atoms with Crippen molar-refractivity contribution in [3.05, 3.63) is 62.5 Å². The predicted octanol–water partition coefficient (Wildman–Crippen LogP) is 2.94. The molecule has 0 unspecified atom stereocenters. The number of rotatable bonds is 2. The SMILES string of the molecule is O=Cc1c(Br)cncc1-n1ccn2c3c(cc2c1=O)CCCC3. The first-order valence-electron chi connectivity index (χ1n) is 7.54. The average Bonchev–Trinajstić information content (AvgIpc) is 2.95. The average molecular weight is 372 g/mol. The van der Waals surface area contributed by atoms with Gasteiger partial charge in [0.2, 0.25) is 0 Å². The second-order valence-corrected chi connectivity index (χ2v) is 6.58. The van der Waals surface area contributed by atoms with Gasteiger partial charge in [0.25, 0.3) is 5.56 Å². The van der Waals surface area contributed by atoms with Gasteiger partial charge >= 0.3 is 0 Å². The Morgan fingerprint density at radius 1 is 1.17 bits per heavy atom. The van der Waals surface area contributed by atoms with Gasteiger partial charge in [0.1, 0.15) is 5.52 Å². The van der Waals surface area contributed by atoms with E-state index in [1.807, 2.05) is 16.7 Å². The monoisotopic (exact) mass is 371 g/mol. The van der Waals surface area contributed by atoms with Gasteiger partial charge in [-0.25, -0.2) is 0 Å². The summed E-state index contributed by atoms with van der Waals surface area (Å²) in [6.07, 6.45) is 11.8. The molecule has 0 atom stereocenters. The van der Waals surface area contributed by atoms with Crippen LogP contribution in [-0.4, -0.2) is 20.2 Å². The number of hydrogen-bond acceptors (Lipinski definition) is 3. The molecule has 3 aromatic heterocycles. The zero-order valence-corrected chi connectivity index (χ0v) is 13.9. The van der Waals surface area contributed by atoms with E-state index >= 15 is 0 Å². The van der Waals surface area contributed by atoms with Crippen LogP contribution in [-0.2, 0) is 12.8 Å². The highest BCUT2D eigenvalue weighted by molar-refractivity contribution is 9.10. The van der Waals surface area contributed by atoms with E-state index in [0.717, 1.165) is 25.5 Å². The second kappa shape index (κ2) is 5.45. The van der Waals surface area contributed by atoms with Crippen LogP contribution in [0.1, 0.15) is 34.5 Å². The van der Waals surface area contributed by atoms with Gasteiger partial charge in [0.05, 0.1) is 17.4 Å². The van der Waals surface area contributed by atoms with Crippen LogP contribution in [0, 0.1) is 0 Å². The molecule has 0 fully saturated rings. The quantitative estimate of drug-likeness (QED) is 0.650. The molecule has 0 aliphatic heterocycles. The molecule has 1 aliphatic rings. The number of nitrogens with zero attached hydrogens (tertiary/aromatic N) is 3. The second-order valence-electron chi connectivity index (χ2n) is 5.72. The molecule has 3 aromatic rings.